The van der Waals surface area contributed by atoms with E-state index in [0.717, 1.165) is 18.4 Å². The SMILES string of the molecule is Cc1cccnc1C(=O)NC1CCC(=O)CC1. The first-order valence-corrected chi connectivity index (χ1v) is 5.91. The molecular weight excluding hydrogens is 216 g/mol. The highest BCUT2D eigenvalue weighted by Crippen LogP contribution is 2.15. The lowest BCUT2D eigenvalue weighted by atomic mass is 9.94. The van der Waals surface area contributed by atoms with Crippen LogP contribution < -0.4 is 5.32 Å². The number of Topliss-reactive ketones (excluding diaryl/α,β-unsaturated/α-hetero) is 1. The minimum atomic E-state index is -0.137. The molecule has 1 saturated carbocycles. The molecule has 2 rings (SSSR count). The Kier molecular flexibility index (Phi) is 3.52. The van der Waals surface area contributed by atoms with E-state index in [2.05, 4.69) is 10.3 Å². The molecule has 0 spiro atoms. The Morgan fingerprint density at radius 2 is 2.12 bits per heavy atom. The molecule has 0 unspecified atom stereocenters. The van der Waals surface area contributed by atoms with Crippen molar-refractivity contribution >= 4 is 11.7 Å². The van der Waals surface area contributed by atoms with Crippen LogP contribution >= 0.6 is 0 Å². The average Bonchev–Trinajstić information content (AvgIpc) is 2.32. The lowest BCUT2D eigenvalue weighted by Gasteiger charge is -2.22. The molecule has 1 N–H and O–H groups in total. The van der Waals surface area contributed by atoms with Gasteiger partial charge < -0.3 is 5.32 Å². The topological polar surface area (TPSA) is 59.1 Å². The van der Waals surface area contributed by atoms with Gasteiger partial charge in [-0.1, -0.05) is 6.07 Å². The number of aryl methyl sites for hydroxylation is 1. The Labute approximate surface area is 100 Å². The number of nitrogens with zero attached hydrogens (tertiary/aromatic N) is 1. The number of rotatable bonds is 2. The number of hydrogen-bond acceptors (Lipinski definition) is 3. The van der Waals surface area contributed by atoms with Crippen LogP contribution in [-0.2, 0) is 4.79 Å². The number of amides is 1. The highest BCUT2D eigenvalue weighted by Gasteiger charge is 2.21. The van der Waals surface area contributed by atoms with Crippen LogP contribution in [0.3, 0.4) is 0 Å². The summed E-state index contributed by atoms with van der Waals surface area (Å²) in [5, 5.41) is 2.94. The summed E-state index contributed by atoms with van der Waals surface area (Å²) in [6.45, 7) is 1.87. The number of pyridine rings is 1. The van der Waals surface area contributed by atoms with Gasteiger partial charge in [0.1, 0.15) is 11.5 Å². The first kappa shape index (κ1) is 11.8. The molecule has 0 aromatic carbocycles. The monoisotopic (exact) mass is 232 g/mol. The van der Waals surface area contributed by atoms with Gasteiger partial charge in [-0.2, -0.15) is 0 Å². The lowest BCUT2D eigenvalue weighted by molar-refractivity contribution is -0.120. The number of carbonyl (C=O) groups is 2. The summed E-state index contributed by atoms with van der Waals surface area (Å²) in [6, 6.07) is 3.79. The summed E-state index contributed by atoms with van der Waals surface area (Å²) in [7, 11) is 0. The van der Waals surface area contributed by atoms with Crippen molar-refractivity contribution in [3.05, 3.63) is 29.6 Å². The summed E-state index contributed by atoms with van der Waals surface area (Å²) in [5.74, 6) is 0.159. The molecule has 1 aromatic rings. The van der Waals surface area contributed by atoms with Crippen LogP contribution in [0.15, 0.2) is 18.3 Å². The molecule has 4 heteroatoms. The van der Waals surface area contributed by atoms with Gasteiger partial charge in [-0.15, -0.1) is 0 Å². The van der Waals surface area contributed by atoms with Crippen LogP contribution in [0.2, 0.25) is 0 Å². The van der Waals surface area contributed by atoms with Crippen LogP contribution in [0.4, 0.5) is 0 Å². The Balaban J connectivity index is 1.98. The maximum atomic E-state index is 12.0. The van der Waals surface area contributed by atoms with E-state index in [1.165, 1.54) is 0 Å². The molecular formula is C13H16N2O2. The lowest BCUT2D eigenvalue weighted by Crippen LogP contribution is -2.38. The summed E-state index contributed by atoms with van der Waals surface area (Å²) in [6.07, 6.45) is 4.26. The van der Waals surface area contributed by atoms with E-state index < -0.39 is 0 Å². The molecule has 0 bridgehead atoms. The second-order valence-corrected chi connectivity index (χ2v) is 4.46. The molecule has 0 aliphatic heterocycles. The van der Waals surface area contributed by atoms with Gasteiger partial charge in [0, 0.05) is 25.1 Å². The van der Waals surface area contributed by atoms with Crippen molar-refractivity contribution < 1.29 is 9.59 Å². The zero-order valence-corrected chi connectivity index (χ0v) is 9.90. The van der Waals surface area contributed by atoms with Crippen molar-refractivity contribution in [3.8, 4) is 0 Å². The van der Waals surface area contributed by atoms with Crippen LogP contribution in [0.5, 0.6) is 0 Å². The van der Waals surface area contributed by atoms with Gasteiger partial charge in [0.15, 0.2) is 0 Å². The van der Waals surface area contributed by atoms with Crippen molar-refractivity contribution in [2.24, 2.45) is 0 Å². The van der Waals surface area contributed by atoms with Gasteiger partial charge in [-0.05, 0) is 31.4 Å². The van der Waals surface area contributed by atoms with E-state index in [4.69, 9.17) is 0 Å². The number of carbonyl (C=O) groups excluding carboxylic acids is 2. The molecule has 1 fully saturated rings. The van der Waals surface area contributed by atoms with Crippen molar-refractivity contribution in [1.29, 1.82) is 0 Å². The molecule has 0 atom stereocenters. The zero-order chi connectivity index (χ0) is 12.3. The zero-order valence-electron chi connectivity index (χ0n) is 9.90. The Morgan fingerprint density at radius 3 is 2.76 bits per heavy atom. The molecule has 4 nitrogen and oxygen atoms in total. The smallest absolute Gasteiger partial charge is 0.270 e. The quantitative estimate of drug-likeness (QED) is 0.843. The van der Waals surface area contributed by atoms with Gasteiger partial charge in [0.05, 0.1) is 0 Å². The fourth-order valence-electron chi connectivity index (χ4n) is 2.06. The molecule has 1 amide bonds. The van der Waals surface area contributed by atoms with Gasteiger partial charge in [0.2, 0.25) is 0 Å². The second kappa shape index (κ2) is 5.08. The third-order valence-electron chi connectivity index (χ3n) is 3.10. The van der Waals surface area contributed by atoms with Gasteiger partial charge >= 0.3 is 0 Å². The third kappa shape index (κ3) is 2.90. The van der Waals surface area contributed by atoms with Crippen molar-refractivity contribution in [3.63, 3.8) is 0 Å². The normalized spacial score (nSPS) is 16.9. The summed E-state index contributed by atoms with van der Waals surface area (Å²) in [4.78, 5) is 27.1. The highest BCUT2D eigenvalue weighted by molar-refractivity contribution is 5.94. The Hall–Kier alpha value is -1.71. The van der Waals surface area contributed by atoms with Crippen LogP contribution in [0.1, 0.15) is 41.7 Å². The minimum Gasteiger partial charge on any atom is -0.348 e. The number of ketones is 1. The van der Waals surface area contributed by atoms with E-state index in [0.29, 0.717) is 24.3 Å². The summed E-state index contributed by atoms with van der Waals surface area (Å²) >= 11 is 0. The number of aromatic nitrogens is 1. The fraction of sp³-hybridized carbons (Fsp3) is 0.462. The second-order valence-electron chi connectivity index (χ2n) is 4.46. The number of hydrogen-bond donors (Lipinski definition) is 1. The minimum absolute atomic E-state index is 0.113. The van der Waals surface area contributed by atoms with E-state index >= 15 is 0 Å². The maximum Gasteiger partial charge on any atom is 0.270 e. The van der Waals surface area contributed by atoms with Crippen LogP contribution in [0, 0.1) is 6.92 Å². The Morgan fingerprint density at radius 1 is 1.41 bits per heavy atom. The standard InChI is InChI=1S/C13H16N2O2/c1-9-3-2-8-14-12(9)13(17)15-10-4-6-11(16)7-5-10/h2-3,8,10H,4-7H2,1H3,(H,15,17). The third-order valence-corrected chi connectivity index (χ3v) is 3.10. The molecule has 1 aliphatic carbocycles. The van der Waals surface area contributed by atoms with Gasteiger partial charge in [0.25, 0.3) is 5.91 Å². The van der Waals surface area contributed by atoms with E-state index in [1.807, 2.05) is 19.1 Å². The molecule has 90 valence electrons. The van der Waals surface area contributed by atoms with E-state index in [9.17, 15) is 9.59 Å². The highest BCUT2D eigenvalue weighted by atomic mass is 16.2. The molecule has 0 radical (unpaired) electrons. The van der Waals surface area contributed by atoms with Crippen molar-refractivity contribution in [2.75, 3.05) is 0 Å². The van der Waals surface area contributed by atoms with Crippen molar-refractivity contribution in [1.82, 2.24) is 10.3 Å². The van der Waals surface area contributed by atoms with Crippen LogP contribution in [0.25, 0.3) is 0 Å². The van der Waals surface area contributed by atoms with Gasteiger partial charge in [-0.25, -0.2) is 0 Å². The molecule has 1 aliphatic rings. The van der Waals surface area contributed by atoms with E-state index in [1.54, 1.807) is 6.20 Å². The van der Waals surface area contributed by atoms with Gasteiger partial charge in [-0.3, -0.25) is 14.6 Å². The summed E-state index contributed by atoms with van der Waals surface area (Å²) < 4.78 is 0. The predicted molar refractivity (Wildman–Crippen MR) is 63.7 cm³/mol. The number of nitrogens with one attached hydrogen (secondary N) is 1. The van der Waals surface area contributed by atoms with Crippen molar-refractivity contribution in [2.45, 2.75) is 38.6 Å². The van der Waals surface area contributed by atoms with E-state index in [-0.39, 0.29) is 11.9 Å². The van der Waals surface area contributed by atoms with Crippen LogP contribution in [-0.4, -0.2) is 22.7 Å². The molecule has 0 saturated heterocycles. The first-order chi connectivity index (χ1) is 8.16. The molecule has 17 heavy (non-hydrogen) atoms. The largest absolute Gasteiger partial charge is 0.348 e. The maximum absolute atomic E-state index is 12.0. The molecule has 1 aromatic heterocycles. The Bertz CT molecular complexity index is 433. The average molecular weight is 232 g/mol. The first-order valence-electron chi connectivity index (χ1n) is 5.91. The fourth-order valence-corrected chi connectivity index (χ4v) is 2.06. The summed E-state index contributed by atoms with van der Waals surface area (Å²) in [5.41, 5.74) is 1.35. The predicted octanol–water partition coefficient (Wildman–Crippen LogP) is 1.63. The molecule has 1 heterocycles.